The standard InChI is InChI=1S/C41H24N2/c42-25-26-23-28-17-18-37-36(21-22-38-41(37)40(28)39(24-26)43(38)29-11-2-1-3-12-29)35-20-19-34(32-14-6-7-15-33(32)35)31-16-8-10-27-9-4-5-13-30(27)31/h1-24H. The fourth-order valence-electron chi connectivity index (χ4n) is 7.15. The highest BCUT2D eigenvalue weighted by molar-refractivity contribution is 6.27. The molecular formula is C41H24N2. The molecule has 0 saturated carbocycles. The summed E-state index contributed by atoms with van der Waals surface area (Å²) in [6.45, 7) is 0. The van der Waals surface area contributed by atoms with Crippen LogP contribution in [0.25, 0.3) is 82.1 Å². The lowest BCUT2D eigenvalue weighted by molar-refractivity contribution is 1.18. The van der Waals surface area contributed by atoms with E-state index in [0.29, 0.717) is 5.56 Å². The molecular weight excluding hydrogens is 520 g/mol. The zero-order chi connectivity index (χ0) is 28.5. The van der Waals surface area contributed by atoms with Crippen LogP contribution in [0.3, 0.4) is 0 Å². The van der Waals surface area contributed by atoms with E-state index in [2.05, 4.69) is 138 Å². The molecule has 0 N–H and O–H groups in total. The molecule has 2 nitrogen and oxygen atoms in total. The summed E-state index contributed by atoms with van der Waals surface area (Å²) in [7, 11) is 0. The molecule has 43 heavy (non-hydrogen) atoms. The molecule has 2 heteroatoms. The van der Waals surface area contributed by atoms with Gasteiger partial charge in [-0.2, -0.15) is 5.26 Å². The van der Waals surface area contributed by atoms with Gasteiger partial charge in [0, 0.05) is 16.5 Å². The minimum absolute atomic E-state index is 0.672. The second-order valence-corrected chi connectivity index (χ2v) is 11.2. The first-order valence-electron chi connectivity index (χ1n) is 14.6. The van der Waals surface area contributed by atoms with Crippen molar-refractivity contribution in [3.8, 4) is 34.0 Å². The van der Waals surface area contributed by atoms with Crippen LogP contribution in [0.4, 0.5) is 0 Å². The molecule has 9 aromatic rings. The van der Waals surface area contributed by atoms with Crippen molar-refractivity contribution in [2.45, 2.75) is 0 Å². The van der Waals surface area contributed by atoms with Crippen LogP contribution in [0, 0.1) is 11.3 Å². The maximum Gasteiger partial charge on any atom is 0.0992 e. The Morgan fingerprint density at radius 3 is 1.81 bits per heavy atom. The van der Waals surface area contributed by atoms with Crippen molar-refractivity contribution >= 4 is 54.1 Å². The average molecular weight is 545 g/mol. The van der Waals surface area contributed by atoms with Crippen LogP contribution in [0.5, 0.6) is 0 Å². The Labute approximate surface area is 248 Å². The minimum atomic E-state index is 0.672. The first-order chi connectivity index (χ1) is 21.3. The van der Waals surface area contributed by atoms with E-state index in [-0.39, 0.29) is 0 Å². The van der Waals surface area contributed by atoms with Crippen molar-refractivity contribution in [1.29, 1.82) is 5.26 Å². The van der Waals surface area contributed by atoms with Crippen LogP contribution in [0.2, 0.25) is 0 Å². The van der Waals surface area contributed by atoms with Crippen LogP contribution in [0.1, 0.15) is 5.56 Å². The zero-order valence-corrected chi connectivity index (χ0v) is 23.3. The van der Waals surface area contributed by atoms with Gasteiger partial charge in [-0.1, -0.05) is 115 Å². The van der Waals surface area contributed by atoms with Crippen molar-refractivity contribution in [3.63, 3.8) is 0 Å². The minimum Gasteiger partial charge on any atom is -0.309 e. The molecule has 0 amide bonds. The Morgan fingerprint density at radius 1 is 0.419 bits per heavy atom. The summed E-state index contributed by atoms with van der Waals surface area (Å²) in [4.78, 5) is 0. The van der Waals surface area contributed by atoms with Crippen molar-refractivity contribution in [3.05, 3.63) is 151 Å². The molecule has 0 spiro atoms. The number of benzene rings is 8. The molecule has 0 atom stereocenters. The van der Waals surface area contributed by atoms with Crippen molar-refractivity contribution in [2.75, 3.05) is 0 Å². The van der Waals surface area contributed by atoms with Gasteiger partial charge in [0.2, 0.25) is 0 Å². The lowest BCUT2D eigenvalue weighted by atomic mass is 9.88. The summed E-state index contributed by atoms with van der Waals surface area (Å²) >= 11 is 0. The van der Waals surface area contributed by atoms with E-state index in [1.807, 2.05) is 18.2 Å². The summed E-state index contributed by atoms with van der Waals surface area (Å²) in [5.41, 5.74) is 8.91. The average Bonchev–Trinajstić information content (AvgIpc) is 3.41. The number of rotatable bonds is 3. The molecule has 0 saturated heterocycles. The highest BCUT2D eigenvalue weighted by Crippen LogP contribution is 2.45. The number of nitrogens with zero attached hydrogens (tertiary/aromatic N) is 2. The predicted molar refractivity (Wildman–Crippen MR) is 180 cm³/mol. The molecule has 198 valence electrons. The third-order valence-corrected chi connectivity index (χ3v) is 8.97. The molecule has 0 aliphatic heterocycles. The lowest BCUT2D eigenvalue weighted by Crippen LogP contribution is -1.93. The second kappa shape index (κ2) is 9.05. The Kier molecular flexibility index (Phi) is 5.00. The molecule has 0 fully saturated rings. The van der Waals surface area contributed by atoms with E-state index in [1.165, 1.54) is 60.0 Å². The van der Waals surface area contributed by atoms with E-state index in [0.717, 1.165) is 22.1 Å². The SMILES string of the molecule is N#Cc1cc2ccc3c(-c4ccc(-c5cccc6ccccc56)c5ccccc45)ccc4c3c2c(c1)n4-c1ccccc1. The van der Waals surface area contributed by atoms with Crippen LogP contribution >= 0.6 is 0 Å². The fraction of sp³-hybridized carbons (Fsp3) is 0. The number of hydrogen-bond donors (Lipinski definition) is 0. The van der Waals surface area contributed by atoms with Gasteiger partial charge in [0.25, 0.3) is 0 Å². The summed E-state index contributed by atoms with van der Waals surface area (Å²) in [6.07, 6.45) is 0. The number of fused-ring (bicyclic) bond motifs is 2. The van der Waals surface area contributed by atoms with Gasteiger partial charge >= 0.3 is 0 Å². The molecule has 0 aliphatic rings. The molecule has 0 aliphatic carbocycles. The normalized spacial score (nSPS) is 11.7. The fourth-order valence-corrected chi connectivity index (χ4v) is 7.15. The molecule has 1 heterocycles. The zero-order valence-electron chi connectivity index (χ0n) is 23.3. The van der Waals surface area contributed by atoms with E-state index in [1.54, 1.807) is 0 Å². The Bertz CT molecular complexity index is 2560. The van der Waals surface area contributed by atoms with Crippen LogP contribution in [-0.2, 0) is 0 Å². The molecule has 1 aromatic heterocycles. The van der Waals surface area contributed by atoms with Crippen molar-refractivity contribution < 1.29 is 0 Å². The second-order valence-electron chi connectivity index (χ2n) is 11.2. The van der Waals surface area contributed by atoms with E-state index in [9.17, 15) is 5.26 Å². The van der Waals surface area contributed by atoms with Crippen molar-refractivity contribution in [2.24, 2.45) is 0 Å². The van der Waals surface area contributed by atoms with Gasteiger partial charge in [0.15, 0.2) is 0 Å². The molecule has 9 rings (SSSR count). The maximum absolute atomic E-state index is 9.84. The summed E-state index contributed by atoms with van der Waals surface area (Å²) in [5, 5.41) is 19.6. The first kappa shape index (κ1) is 23.8. The Morgan fingerprint density at radius 2 is 1.05 bits per heavy atom. The first-order valence-corrected chi connectivity index (χ1v) is 14.6. The summed E-state index contributed by atoms with van der Waals surface area (Å²) in [5.74, 6) is 0. The molecule has 8 aromatic carbocycles. The van der Waals surface area contributed by atoms with Gasteiger partial charge in [-0.05, 0) is 84.9 Å². The van der Waals surface area contributed by atoms with Gasteiger partial charge in [-0.15, -0.1) is 0 Å². The molecule has 0 radical (unpaired) electrons. The van der Waals surface area contributed by atoms with Crippen LogP contribution in [0.15, 0.2) is 146 Å². The molecule has 0 bridgehead atoms. The highest BCUT2D eigenvalue weighted by Gasteiger charge is 2.21. The predicted octanol–water partition coefficient (Wildman–Crippen LogP) is 10.9. The third-order valence-electron chi connectivity index (χ3n) is 8.97. The monoisotopic (exact) mass is 544 g/mol. The topological polar surface area (TPSA) is 28.7 Å². The van der Waals surface area contributed by atoms with Crippen LogP contribution < -0.4 is 0 Å². The lowest BCUT2D eigenvalue weighted by Gasteiger charge is -2.15. The number of nitriles is 1. The Balaban J connectivity index is 1.35. The van der Waals surface area contributed by atoms with Crippen LogP contribution in [-0.4, -0.2) is 4.57 Å². The van der Waals surface area contributed by atoms with Gasteiger partial charge in [0.05, 0.1) is 22.7 Å². The van der Waals surface area contributed by atoms with E-state index < -0.39 is 0 Å². The van der Waals surface area contributed by atoms with E-state index in [4.69, 9.17) is 0 Å². The van der Waals surface area contributed by atoms with Crippen molar-refractivity contribution in [1.82, 2.24) is 4.57 Å². The van der Waals surface area contributed by atoms with Gasteiger partial charge in [-0.3, -0.25) is 0 Å². The van der Waals surface area contributed by atoms with Gasteiger partial charge in [0.1, 0.15) is 0 Å². The number of aromatic nitrogens is 1. The smallest absolute Gasteiger partial charge is 0.0992 e. The number of para-hydroxylation sites is 1. The largest absolute Gasteiger partial charge is 0.309 e. The quantitative estimate of drug-likeness (QED) is 0.203. The van der Waals surface area contributed by atoms with E-state index >= 15 is 0 Å². The maximum atomic E-state index is 9.84. The van der Waals surface area contributed by atoms with Gasteiger partial charge in [-0.25, -0.2) is 0 Å². The highest BCUT2D eigenvalue weighted by atomic mass is 15.0. The summed E-state index contributed by atoms with van der Waals surface area (Å²) in [6, 6.07) is 54.4. The van der Waals surface area contributed by atoms with Gasteiger partial charge < -0.3 is 4.57 Å². The number of hydrogen-bond acceptors (Lipinski definition) is 1. The summed E-state index contributed by atoms with van der Waals surface area (Å²) < 4.78 is 2.30. The third kappa shape index (κ3) is 3.40. The Hall–Kier alpha value is -5.91. The molecule has 0 unspecified atom stereocenters.